The number of aryl methyl sites for hydroxylation is 1. The number of hydrogen-bond donors (Lipinski definition) is 3. The summed E-state index contributed by atoms with van der Waals surface area (Å²) in [6.45, 7) is 3.04. The number of carbonyl (C=O) groups is 2. The van der Waals surface area contributed by atoms with Crippen LogP contribution in [0.5, 0.6) is 0 Å². The molecule has 0 bridgehead atoms. The third-order valence-corrected chi connectivity index (χ3v) is 3.41. The molecular weight excluding hydrogens is 270 g/mol. The van der Waals surface area contributed by atoms with Crippen LogP contribution in [0.25, 0.3) is 0 Å². The number of hydrogen-bond acceptors (Lipinski definition) is 3. The fraction of sp³-hybridized carbons (Fsp3) is 0.467. The summed E-state index contributed by atoms with van der Waals surface area (Å²) in [4.78, 5) is 24.8. The number of amides is 3. The van der Waals surface area contributed by atoms with Crippen molar-refractivity contribution in [2.45, 2.75) is 25.9 Å². The number of anilines is 1. The van der Waals surface area contributed by atoms with E-state index in [0.29, 0.717) is 18.7 Å². The maximum Gasteiger partial charge on any atom is 0.319 e. The lowest BCUT2D eigenvalue weighted by Gasteiger charge is -2.20. The van der Waals surface area contributed by atoms with Gasteiger partial charge >= 0.3 is 6.03 Å². The Morgan fingerprint density at radius 2 is 2.10 bits per heavy atom. The number of carbonyl (C=O) groups excluding carboxylic acids is 2. The van der Waals surface area contributed by atoms with E-state index in [1.807, 2.05) is 31.2 Å². The first-order valence-electron chi connectivity index (χ1n) is 7.12. The second-order valence-corrected chi connectivity index (χ2v) is 5.30. The molecule has 3 amide bonds. The third kappa shape index (κ3) is 4.75. The molecule has 1 unspecified atom stereocenters. The standard InChI is InChI=1S/C15H21N3O3/c1-11-4-6-12(7-5-11)17-15(21)16-9-13(19)10-18-8-2-3-14(18)20/h4-7,13,19H,2-3,8-10H2,1H3,(H2,16,17,21). The maximum atomic E-state index is 11.7. The van der Waals surface area contributed by atoms with Crippen molar-refractivity contribution in [3.63, 3.8) is 0 Å². The molecular formula is C15H21N3O3. The number of β-amino-alcohol motifs (C(OH)–C–C–N with tert-alkyl or cyclic N) is 1. The van der Waals surface area contributed by atoms with E-state index in [4.69, 9.17) is 0 Å². The van der Waals surface area contributed by atoms with Crippen LogP contribution in [0.15, 0.2) is 24.3 Å². The van der Waals surface area contributed by atoms with Crippen LogP contribution in [0, 0.1) is 6.92 Å². The molecule has 0 aliphatic carbocycles. The molecule has 0 radical (unpaired) electrons. The van der Waals surface area contributed by atoms with Crippen molar-refractivity contribution in [1.82, 2.24) is 10.2 Å². The number of likely N-dealkylation sites (tertiary alicyclic amines) is 1. The second-order valence-electron chi connectivity index (χ2n) is 5.30. The Hall–Kier alpha value is -2.08. The van der Waals surface area contributed by atoms with Gasteiger partial charge in [0.15, 0.2) is 0 Å². The summed E-state index contributed by atoms with van der Waals surface area (Å²) in [6, 6.07) is 7.07. The van der Waals surface area contributed by atoms with Crippen LogP contribution in [0.4, 0.5) is 10.5 Å². The van der Waals surface area contributed by atoms with Crippen LogP contribution in [0.2, 0.25) is 0 Å². The Bertz CT molecular complexity index is 501. The zero-order chi connectivity index (χ0) is 15.2. The van der Waals surface area contributed by atoms with Crippen molar-refractivity contribution >= 4 is 17.6 Å². The lowest BCUT2D eigenvalue weighted by molar-refractivity contribution is -0.128. The first-order chi connectivity index (χ1) is 10.0. The third-order valence-electron chi connectivity index (χ3n) is 3.41. The Balaban J connectivity index is 1.70. The lowest BCUT2D eigenvalue weighted by Crippen LogP contribution is -2.41. The fourth-order valence-corrected chi connectivity index (χ4v) is 2.24. The molecule has 1 aromatic rings. The predicted molar refractivity (Wildman–Crippen MR) is 80.0 cm³/mol. The first-order valence-corrected chi connectivity index (χ1v) is 7.12. The van der Waals surface area contributed by atoms with Crippen LogP contribution in [0.3, 0.4) is 0 Å². The Morgan fingerprint density at radius 3 is 2.71 bits per heavy atom. The van der Waals surface area contributed by atoms with E-state index in [1.165, 1.54) is 0 Å². The summed E-state index contributed by atoms with van der Waals surface area (Å²) in [6.07, 6.45) is 0.636. The highest BCUT2D eigenvalue weighted by Crippen LogP contribution is 2.10. The van der Waals surface area contributed by atoms with Gasteiger partial charge in [0.2, 0.25) is 5.91 Å². The molecule has 6 heteroatoms. The number of benzene rings is 1. The van der Waals surface area contributed by atoms with Crippen molar-refractivity contribution in [3.8, 4) is 0 Å². The summed E-state index contributed by atoms with van der Waals surface area (Å²) >= 11 is 0. The maximum absolute atomic E-state index is 11.7. The van der Waals surface area contributed by atoms with Crippen molar-refractivity contribution < 1.29 is 14.7 Å². The van der Waals surface area contributed by atoms with E-state index in [9.17, 15) is 14.7 Å². The van der Waals surface area contributed by atoms with Crippen LogP contribution in [0.1, 0.15) is 18.4 Å². The topological polar surface area (TPSA) is 81.7 Å². The predicted octanol–water partition coefficient (Wildman–Crippen LogP) is 1.10. The van der Waals surface area contributed by atoms with Gasteiger partial charge in [-0.15, -0.1) is 0 Å². The molecule has 2 rings (SSSR count). The van der Waals surface area contributed by atoms with Crippen LogP contribution < -0.4 is 10.6 Å². The summed E-state index contributed by atoms with van der Waals surface area (Å²) in [7, 11) is 0. The molecule has 0 aromatic heterocycles. The molecule has 1 fully saturated rings. The van der Waals surface area contributed by atoms with Crippen molar-refractivity contribution in [2.24, 2.45) is 0 Å². The SMILES string of the molecule is Cc1ccc(NC(=O)NCC(O)CN2CCCC2=O)cc1. The van der Waals surface area contributed by atoms with Gasteiger partial charge < -0.3 is 20.6 Å². The number of urea groups is 1. The highest BCUT2D eigenvalue weighted by atomic mass is 16.3. The summed E-state index contributed by atoms with van der Waals surface area (Å²) in [5.74, 6) is 0.0677. The van der Waals surface area contributed by atoms with E-state index in [1.54, 1.807) is 4.90 Å². The van der Waals surface area contributed by atoms with Gasteiger partial charge in [-0.3, -0.25) is 4.79 Å². The Morgan fingerprint density at radius 1 is 1.38 bits per heavy atom. The highest BCUT2D eigenvalue weighted by Gasteiger charge is 2.22. The van der Waals surface area contributed by atoms with E-state index in [0.717, 1.165) is 12.0 Å². The molecule has 1 saturated heterocycles. The van der Waals surface area contributed by atoms with Crippen molar-refractivity contribution in [3.05, 3.63) is 29.8 Å². The van der Waals surface area contributed by atoms with Gasteiger partial charge in [-0.2, -0.15) is 0 Å². The van der Waals surface area contributed by atoms with Gasteiger partial charge in [0.05, 0.1) is 6.10 Å². The first kappa shape index (κ1) is 15.3. The van der Waals surface area contributed by atoms with Gasteiger partial charge in [0.1, 0.15) is 0 Å². The number of aliphatic hydroxyl groups is 1. The fourth-order valence-electron chi connectivity index (χ4n) is 2.24. The van der Waals surface area contributed by atoms with Crippen molar-refractivity contribution in [1.29, 1.82) is 0 Å². The number of nitrogens with zero attached hydrogens (tertiary/aromatic N) is 1. The number of rotatable bonds is 5. The Kier molecular flexibility index (Phi) is 5.16. The average Bonchev–Trinajstić information content (AvgIpc) is 2.85. The van der Waals surface area contributed by atoms with E-state index >= 15 is 0 Å². The van der Waals surface area contributed by atoms with E-state index in [2.05, 4.69) is 10.6 Å². The van der Waals surface area contributed by atoms with E-state index < -0.39 is 6.10 Å². The number of nitrogens with one attached hydrogen (secondary N) is 2. The second kappa shape index (κ2) is 7.08. The molecule has 0 spiro atoms. The molecule has 0 saturated carbocycles. The molecule has 1 atom stereocenters. The van der Waals surface area contributed by atoms with Gasteiger partial charge in [-0.05, 0) is 25.5 Å². The molecule has 3 N–H and O–H groups in total. The quantitative estimate of drug-likeness (QED) is 0.760. The zero-order valence-corrected chi connectivity index (χ0v) is 12.1. The molecule has 21 heavy (non-hydrogen) atoms. The summed E-state index contributed by atoms with van der Waals surface area (Å²) in [5, 5.41) is 15.1. The van der Waals surface area contributed by atoms with Crippen LogP contribution in [-0.2, 0) is 4.79 Å². The average molecular weight is 291 g/mol. The van der Waals surface area contributed by atoms with Gasteiger partial charge in [0.25, 0.3) is 0 Å². The van der Waals surface area contributed by atoms with Crippen LogP contribution >= 0.6 is 0 Å². The smallest absolute Gasteiger partial charge is 0.319 e. The highest BCUT2D eigenvalue weighted by molar-refractivity contribution is 5.89. The summed E-state index contributed by atoms with van der Waals surface area (Å²) < 4.78 is 0. The van der Waals surface area contributed by atoms with Crippen molar-refractivity contribution in [2.75, 3.05) is 25.0 Å². The molecule has 6 nitrogen and oxygen atoms in total. The van der Waals surface area contributed by atoms with Crippen LogP contribution in [-0.4, -0.2) is 47.7 Å². The minimum Gasteiger partial charge on any atom is -0.389 e. The minimum atomic E-state index is -0.754. The lowest BCUT2D eigenvalue weighted by atomic mass is 10.2. The minimum absolute atomic E-state index is 0.0677. The summed E-state index contributed by atoms with van der Waals surface area (Å²) in [5.41, 5.74) is 1.81. The molecule has 1 aliphatic rings. The molecule has 1 aromatic carbocycles. The van der Waals surface area contributed by atoms with E-state index in [-0.39, 0.29) is 25.0 Å². The normalized spacial score (nSPS) is 15.9. The molecule has 114 valence electrons. The Labute approximate surface area is 124 Å². The number of aliphatic hydroxyl groups excluding tert-OH is 1. The van der Waals surface area contributed by atoms with Gasteiger partial charge in [0, 0.05) is 31.7 Å². The zero-order valence-electron chi connectivity index (χ0n) is 12.1. The molecule has 1 aliphatic heterocycles. The molecule has 1 heterocycles. The monoisotopic (exact) mass is 291 g/mol. The largest absolute Gasteiger partial charge is 0.389 e. The van der Waals surface area contributed by atoms with Gasteiger partial charge in [-0.1, -0.05) is 17.7 Å². The van der Waals surface area contributed by atoms with Gasteiger partial charge in [-0.25, -0.2) is 4.79 Å².